The average Bonchev–Trinajstić information content (AvgIpc) is 3.60. The largest absolute Gasteiger partial charge is 0.481 e. The van der Waals surface area contributed by atoms with E-state index in [4.69, 9.17) is 0 Å². The van der Waals surface area contributed by atoms with Gasteiger partial charge >= 0.3 is 11.9 Å². The molecule has 1 atom stereocenters. The lowest BCUT2D eigenvalue weighted by molar-refractivity contribution is -0.138. The summed E-state index contributed by atoms with van der Waals surface area (Å²) in [6.07, 6.45) is 9.37. The Hall–Kier alpha value is -4.73. The average molecular weight is 601 g/mol. The fourth-order valence-electron chi connectivity index (χ4n) is 5.96. The first-order valence-corrected chi connectivity index (χ1v) is 14.9. The van der Waals surface area contributed by atoms with Gasteiger partial charge in [0.1, 0.15) is 0 Å². The number of nitrogens with one attached hydrogen (secondary N) is 3. The Morgan fingerprint density at radius 1 is 0.886 bits per heavy atom. The number of hydrogen-bond acceptors (Lipinski definition) is 4. The van der Waals surface area contributed by atoms with E-state index in [1.807, 2.05) is 65.8 Å². The number of carbonyl (C=O) groups excluding carboxylic acids is 2. The van der Waals surface area contributed by atoms with Gasteiger partial charge in [-0.15, -0.1) is 0 Å². The summed E-state index contributed by atoms with van der Waals surface area (Å²) in [6.45, 7) is 11.4. The van der Waals surface area contributed by atoms with Gasteiger partial charge in [-0.3, -0.25) is 19.2 Å². The summed E-state index contributed by atoms with van der Waals surface area (Å²) >= 11 is 0. The molecular formula is C34H40N4O6. The maximum absolute atomic E-state index is 12.4. The SMILES string of the molecule is C/C=C1\C(=C\c2[nH]c(/C=c3/[nH]/c(=C/C4=NC(=O)C(CC)=C4C)c(C)c3CCCC(=O)O)c(CCC(=O)O)c2C)NC(=O)C1C. The number of hydrogen-bond donors (Lipinski definition) is 5. The minimum absolute atomic E-state index is 0.0205. The van der Waals surface area contributed by atoms with Crippen LogP contribution in [0.15, 0.2) is 33.5 Å². The molecule has 2 amide bonds. The van der Waals surface area contributed by atoms with Crippen LogP contribution in [0.2, 0.25) is 0 Å². The molecule has 1 fully saturated rings. The highest BCUT2D eigenvalue weighted by molar-refractivity contribution is 6.30. The molecule has 0 aliphatic carbocycles. The molecule has 10 nitrogen and oxygen atoms in total. The van der Waals surface area contributed by atoms with E-state index in [1.165, 1.54) is 0 Å². The Morgan fingerprint density at radius 2 is 1.59 bits per heavy atom. The minimum Gasteiger partial charge on any atom is -0.481 e. The first-order chi connectivity index (χ1) is 20.9. The van der Waals surface area contributed by atoms with Crippen molar-refractivity contribution >= 4 is 47.7 Å². The molecule has 232 valence electrons. The normalized spacial score (nSPS) is 19.6. The van der Waals surface area contributed by atoms with E-state index in [9.17, 15) is 29.4 Å². The number of aromatic nitrogens is 2. The molecule has 10 heteroatoms. The lowest BCUT2D eigenvalue weighted by Crippen LogP contribution is -2.16. The molecule has 0 radical (unpaired) electrons. The monoisotopic (exact) mass is 600 g/mol. The summed E-state index contributed by atoms with van der Waals surface area (Å²) in [4.78, 5) is 58.7. The molecule has 4 heterocycles. The summed E-state index contributed by atoms with van der Waals surface area (Å²) in [5.74, 6) is -2.35. The Labute approximate surface area is 256 Å². The van der Waals surface area contributed by atoms with Crippen LogP contribution in [0.5, 0.6) is 0 Å². The van der Waals surface area contributed by atoms with Gasteiger partial charge in [0.2, 0.25) is 5.91 Å². The molecule has 2 aliphatic rings. The number of carboxylic acids is 2. The van der Waals surface area contributed by atoms with Crippen LogP contribution >= 0.6 is 0 Å². The van der Waals surface area contributed by atoms with Crippen LogP contribution in [-0.4, -0.2) is 49.6 Å². The molecule has 0 bridgehead atoms. The molecule has 0 saturated carbocycles. The van der Waals surface area contributed by atoms with Crippen molar-refractivity contribution in [2.75, 3.05) is 0 Å². The first-order valence-electron chi connectivity index (χ1n) is 14.9. The zero-order valence-electron chi connectivity index (χ0n) is 26.1. The van der Waals surface area contributed by atoms with E-state index in [2.05, 4.69) is 20.3 Å². The number of nitrogens with zero attached hydrogens (tertiary/aromatic N) is 1. The van der Waals surface area contributed by atoms with Crippen molar-refractivity contribution in [3.63, 3.8) is 0 Å². The number of H-pyrrole nitrogens is 2. The third kappa shape index (κ3) is 6.59. The molecule has 5 N–H and O–H groups in total. The van der Waals surface area contributed by atoms with Crippen LogP contribution in [0.1, 0.15) is 87.0 Å². The van der Waals surface area contributed by atoms with Crippen molar-refractivity contribution in [2.45, 2.75) is 80.1 Å². The summed E-state index contributed by atoms with van der Waals surface area (Å²) in [5.41, 5.74) is 8.78. The van der Waals surface area contributed by atoms with Crippen LogP contribution in [0, 0.1) is 19.8 Å². The molecule has 2 aromatic rings. The molecule has 44 heavy (non-hydrogen) atoms. The van der Waals surface area contributed by atoms with Crippen LogP contribution < -0.4 is 16.0 Å². The molecule has 0 aromatic carbocycles. The fraction of sp³-hybridized carbons (Fsp3) is 0.382. The topological polar surface area (TPSA) is 165 Å². The molecule has 1 saturated heterocycles. The first kappa shape index (κ1) is 32.2. The van der Waals surface area contributed by atoms with Crippen LogP contribution in [0.25, 0.3) is 18.2 Å². The van der Waals surface area contributed by atoms with Crippen molar-refractivity contribution < 1.29 is 29.4 Å². The van der Waals surface area contributed by atoms with Gasteiger partial charge < -0.3 is 25.5 Å². The number of amides is 2. The predicted molar refractivity (Wildman–Crippen MR) is 169 cm³/mol. The van der Waals surface area contributed by atoms with E-state index in [0.29, 0.717) is 42.7 Å². The van der Waals surface area contributed by atoms with Gasteiger partial charge in [-0.05, 0) is 112 Å². The molecule has 2 aliphatic heterocycles. The summed E-state index contributed by atoms with van der Waals surface area (Å²) < 4.78 is 0. The fourth-order valence-corrected chi connectivity index (χ4v) is 5.96. The highest BCUT2D eigenvalue weighted by atomic mass is 16.4. The number of aliphatic imine (C=N–C) groups is 1. The number of rotatable bonds is 11. The third-order valence-corrected chi connectivity index (χ3v) is 8.58. The second kappa shape index (κ2) is 13.3. The van der Waals surface area contributed by atoms with Crippen LogP contribution in [-0.2, 0) is 32.0 Å². The van der Waals surface area contributed by atoms with Crippen molar-refractivity contribution in [1.29, 1.82) is 0 Å². The molecule has 4 rings (SSSR count). The van der Waals surface area contributed by atoms with Gasteiger partial charge in [0, 0.05) is 46.2 Å². The summed E-state index contributed by atoms with van der Waals surface area (Å²) in [7, 11) is 0. The van der Waals surface area contributed by atoms with Gasteiger partial charge in [-0.25, -0.2) is 4.99 Å². The standard InChI is InChI=1S/C34H40N4O6/c1-7-21-20(6)33(43)38-28(21)15-26-19(5)24(12-13-32(41)42)30(36-26)16-29-23(10-9-11-31(39)40)18(4)25(35-29)14-27-17(3)22(8-2)34(44)37-27/h7,14-16,20,35-36H,8-13H2,1-6H3,(H,38,43)(H,39,40)(H,41,42)/b21-7-,25-14+,28-15-,29-16+. The second-order valence-corrected chi connectivity index (χ2v) is 11.3. The predicted octanol–water partition coefficient (Wildman–Crippen LogP) is 3.75. The van der Waals surface area contributed by atoms with Crippen molar-refractivity contribution in [1.82, 2.24) is 15.3 Å². The van der Waals surface area contributed by atoms with Gasteiger partial charge in [0.05, 0.1) is 11.6 Å². The summed E-state index contributed by atoms with van der Waals surface area (Å²) in [5, 5.41) is 23.2. The van der Waals surface area contributed by atoms with E-state index in [0.717, 1.165) is 55.5 Å². The molecular weight excluding hydrogens is 560 g/mol. The van der Waals surface area contributed by atoms with Crippen molar-refractivity contribution in [2.24, 2.45) is 10.9 Å². The van der Waals surface area contributed by atoms with E-state index in [-0.39, 0.29) is 30.6 Å². The highest BCUT2D eigenvalue weighted by Crippen LogP contribution is 2.29. The molecule has 1 unspecified atom stereocenters. The Kier molecular flexibility index (Phi) is 9.71. The summed E-state index contributed by atoms with van der Waals surface area (Å²) in [6, 6.07) is 0. The number of aliphatic carboxylic acids is 2. The highest BCUT2D eigenvalue weighted by Gasteiger charge is 2.29. The zero-order chi connectivity index (χ0) is 32.3. The Balaban J connectivity index is 1.90. The Bertz CT molecular complexity index is 1790. The minimum atomic E-state index is -0.909. The Morgan fingerprint density at radius 3 is 2.20 bits per heavy atom. The zero-order valence-corrected chi connectivity index (χ0v) is 26.1. The van der Waals surface area contributed by atoms with Crippen LogP contribution in [0.4, 0.5) is 0 Å². The molecule has 2 aromatic heterocycles. The number of aromatic amines is 2. The van der Waals surface area contributed by atoms with Gasteiger partial charge in [-0.1, -0.05) is 13.0 Å². The van der Waals surface area contributed by atoms with E-state index >= 15 is 0 Å². The van der Waals surface area contributed by atoms with Gasteiger partial charge in [-0.2, -0.15) is 0 Å². The number of allylic oxidation sites excluding steroid dienone is 3. The lowest BCUT2D eigenvalue weighted by atomic mass is 10.00. The molecule has 0 spiro atoms. The maximum atomic E-state index is 12.4. The maximum Gasteiger partial charge on any atom is 0.303 e. The van der Waals surface area contributed by atoms with Gasteiger partial charge in [0.15, 0.2) is 0 Å². The smallest absolute Gasteiger partial charge is 0.303 e. The van der Waals surface area contributed by atoms with Crippen molar-refractivity contribution in [3.05, 3.63) is 72.8 Å². The second-order valence-electron chi connectivity index (χ2n) is 11.3. The van der Waals surface area contributed by atoms with E-state index < -0.39 is 11.9 Å². The van der Waals surface area contributed by atoms with Crippen molar-refractivity contribution in [3.8, 4) is 0 Å². The quantitative estimate of drug-likeness (QED) is 0.264. The number of carboxylic acid groups (broad SMARTS) is 2. The lowest BCUT2D eigenvalue weighted by Gasteiger charge is -2.03. The van der Waals surface area contributed by atoms with Gasteiger partial charge in [0.25, 0.3) is 5.91 Å². The number of carbonyl (C=O) groups is 4. The third-order valence-electron chi connectivity index (χ3n) is 8.58. The van der Waals surface area contributed by atoms with Crippen LogP contribution in [0.3, 0.4) is 0 Å². The van der Waals surface area contributed by atoms with E-state index in [1.54, 1.807) is 0 Å².